The molecule has 0 aliphatic carbocycles. The van der Waals surface area contributed by atoms with Crippen LogP contribution in [-0.2, 0) is 16.1 Å². The molecule has 4 rings (SSSR count). The highest BCUT2D eigenvalue weighted by atomic mass is 16.6. The predicted molar refractivity (Wildman–Crippen MR) is 116 cm³/mol. The van der Waals surface area contributed by atoms with Gasteiger partial charge in [-0.3, -0.25) is 9.69 Å². The second kappa shape index (κ2) is 9.36. The molecule has 0 saturated carbocycles. The molecule has 1 fully saturated rings. The van der Waals surface area contributed by atoms with Crippen LogP contribution in [0.25, 0.3) is 0 Å². The lowest BCUT2D eigenvalue weighted by atomic mass is 10.1. The minimum atomic E-state index is -0.280. The molecule has 2 aromatic carbocycles. The van der Waals surface area contributed by atoms with E-state index in [1.54, 1.807) is 0 Å². The predicted octanol–water partition coefficient (Wildman–Crippen LogP) is 2.75. The van der Waals surface area contributed by atoms with Gasteiger partial charge in [-0.25, -0.2) is 0 Å². The zero-order valence-electron chi connectivity index (χ0n) is 17.6. The molecule has 0 aromatic heterocycles. The lowest BCUT2D eigenvalue weighted by molar-refractivity contribution is -0.120. The summed E-state index contributed by atoms with van der Waals surface area (Å²) in [7, 11) is 1.95. The van der Waals surface area contributed by atoms with Crippen molar-refractivity contribution in [2.45, 2.75) is 19.5 Å². The van der Waals surface area contributed by atoms with Crippen LogP contribution in [0.15, 0.2) is 42.5 Å². The van der Waals surface area contributed by atoms with Gasteiger partial charge in [0.1, 0.15) is 13.2 Å². The number of likely N-dealkylation sites (N-methyl/N-ethyl adjacent to an activating group) is 1. The van der Waals surface area contributed by atoms with Gasteiger partial charge in [0.05, 0.1) is 19.3 Å². The zero-order valence-corrected chi connectivity index (χ0v) is 17.6. The molecule has 2 aliphatic heterocycles. The van der Waals surface area contributed by atoms with Crippen molar-refractivity contribution in [2.75, 3.05) is 56.8 Å². The van der Waals surface area contributed by atoms with Gasteiger partial charge in [-0.05, 0) is 55.9 Å². The van der Waals surface area contributed by atoms with E-state index in [2.05, 4.69) is 10.2 Å². The van der Waals surface area contributed by atoms with E-state index in [-0.39, 0.29) is 11.9 Å². The van der Waals surface area contributed by atoms with Gasteiger partial charge in [0, 0.05) is 31.0 Å². The zero-order chi connectivity index (χ0) is 20.9. The molecule has 160 valence electrons. The number of morpholine rings is 1. The third-order valence-corrected chi connectivity index (χ3v) is 5.59. The number of hydrogen-bond donors (Lipinski definition) is 1. The van der Waals surface area contributed by atoms with Gasteiger partial charge in [-0.1, -0.05) is 6.07 Å². The monoisotopic (exact) mass is 411 g/mol. The van der Waals surface area contributed by atoms with E-state index in [4.69, 9.17) is 14.2 Å². The molecule has 1 saturated heterocycles. The van der Waals surface area contributed by atoms with Gasteiger partial charge >= 0.3 is 0 Å². The minimum absolute atomic E-state index is 0.0332. The first kappa shape index (κ1) is 20.5. The number of hydrogen-bond acceptors (Lipinski definition) is 6. The third kappa shape index (κ3) is 4.86. The molecule has 30 heavy (non-hydrogen) atoms. The molecule has 2 heterocycles. The van der Waals surface area contributed by atoms with E-state index >= 15 is 0 Å². The summed E-state index contributed by atoms with van der Waals surface area (Å²) in [6.45, 7) is 7.00. The smallest absolute Gasteiger partial charge is 0.241 e. The maximum Gasteiger partial charge on any atom is 0.241 e. The SMILES string of the molecule is C[C@H](C(=O)Nc1ccc(N2CCOCC2)cc1)N(C)Cc1ccc2c(c1)OCCO2. The number of nitrogens with one attached hydrogen (secondary N) is 1. The topological polar surface area (TPSA) is 63.3 Å². The summed E-state index contributed by atoms with van der Waals surface area (Å²) < 4.78 is 16.6. The van der Waals surface area contributed by atoms with Crippen LogP contribution in [0.5, 0.6) is 11.5 Å². The summed E-state index contributed by atoms with van der Waals surface area (Å²) >= 11 is 0. The first-order valence-electron chi connectivity index (χ1n) is 10.4. The summed E-state index contributed by atoms with van der Waals surface area (Å²) in [6, 6.07) is 13.6. The van der Waals surface area contributed by atoms with Gasteiger partial charge in [0.25, 0.3) is 0 Å². The highest BCUT2D eigenvalue weighted by Crippen LogP contribution is 2.31. The summed E-state index contributed by atoms with van der Waals surface area (Å²) in [4.78, 5) is 17.0. The van der Waals surface area contributed by atoms with Crippen molar-refractivity contribution < 1.29 is 19.0 Å². The second-order valence-electron chi connectivity index (χ2n) is 7.70. The molecule has 7 heteroatoms. The van der Waals surface area contributed by atoms with E-state index in [0.717, 1.165) is 54.7 Å². The number of amides is 1. The minimum Gasteiger partial charge on any atom is -0.486 e. The van der Waals surface area contributed by atoms with E-state index in [1.165, 1.54) is 0 Å². The van der Waals surface area contributed by atoms with Crippen LogP contribution in [0.4, 0.5) is 11.4 Å². The lowest BCUT2D eigenvalue weighted by Crippen LogP contribution is -2.39. The van der Waals surface area contributed by atoms with E-state index in [0.29, 0.717) is 19.8 Å². The average Bonchev–Trinajstić information content (AvgIpc) is 2.79. The highest BCUT2D eigenvalue weighted by Gasteiger charge is 2.20. The van der Waals surface area contributed by atoms with E-state index < -0.39 is 0 Å². The van der Waals surface area contributed by atoms with Crippen molar-refractivity contribution in [1.29, 1.82) is 0 Å². The van der Waals surface area contributed by atoms with Crippen LogP contribution in [0.2, 0.25) is 0 Å². The maximum absolute atomic E-state index is 12.7. The first-order valence-corrected chi connectivity index (χ1v) is 10.4. The molecule has 0 bridgehead atoms. The Kier molecular flexibility index (Phi) is 6.40. The lowest BCUT2D eigenvalue weighted by Gasteiger charge is -2.29. The fourth-order valence-corrected chi connectivity index (χ4v) is 3.64. The Hall–Kier alpha value is -2.77. The summed E-state index contributed by atoms with van der Waals surface area (Å²) in [6.07, 6.45) is 0. The number of rotatable bonds is 6. The Morgan fingerprint density at radius 2 is 1.73 bits per heavy atom. The molecule has 0 spiro atoms. The fourth-order valence-electron chi connectivity index (χ4n) is 3.64. The van der Waals surface area contributed by atoms with Gasteiger partial charge in [-0.15, -0.1) is 0 Å². The Morgan fingerprint density at radius 1 is 1.03 bits per heavy atom. The largest absolute Gasteiger partial charge is 0.486 e. The first-order chi connectivity index (χ1) is 14.6. The van der Waals surface area contributed by atoms with Crippen molar-refractivity contribution >= 4 is 17.3 Å². The number of fused-ring (bicyclic) bond motifs is 1. The Bertz CT molecular complexity index is 865. The van der Waals surface area contributed by atoms with Crippen molar-refractivity contribution in [1.82, 2.24) is 4.90 Å². The van der Waals surface area contributed by atoms with E-state index in [9.17, 15) is 4.79 Å². The number of carbonyl (C=O) groups is 1. The number of anilines is 2. The third-order valence-electron chi connectivity index (χ3n) is 5.59. The molecule has 7 nitrogen and oxygen atoms in total. The molecule has 2 aliphatic rings. The highest BCUT2D eigenvalue weighted by molar-refractivity contribution is 5.94. The second-order valence-corrected chi connectivity index (χ2v) is 7.70. The molecule has 1 atom stereocenters. The van der Waals surface area contributed by atoms with Crippen molar-refractivity contribution in [3.05, 3.63) is 48.0 Å². The van der Waals surface area contributed by atoms with Gasteiger partial charge in [0.2, 0.25) is 5.91 Å². The normalized spacial score (nSPS) is 17.0. The molecular weight excluding hydrogens is 382 g/mol. The van der Waals surface area contributed by atoms with E-state index in [1.807, 2.05) is 61.3 Å². The van der Waals surface area contributed by atoms with Gasteiger partial charge < -0.3 is 24.4 Å². The molecule has 0 radical (unpaired) electrons. The van der Waals surface area contributed by atoms with Crippen molar-refractivity contribution in [3.63, 3.8) is 0 Å². The number of ether oxygens (including phenoxy) is 3. The molecule has 0 unspecified atom stereocenters. The Labute approximate surface area is 177 Å². The summed E-state index contributed by atoms with van der Waals surface area (Å²) in [5, 5.41) is 3.02. The van der Waals surface area contributed by atoms with Crippen LogP contribution >= 0.6 is 0 Å². The van der Waals surface area contributed by atoms with Crippen molar-refractivity contribution in [3.8, 4) is 11.5 Å². The molecule has 2 aromatic rings. The number of benzene rings is 2. The van der Waals surface area contributed by atoms with Crippen LogP contribution in [0, 0.1) is 0 Å². The van der Waals surface area contributed by atoms with Crippen LogP contribution < -0.4 is 19.7 Å². The summed E-state index contributed by atoms with van der Waals surface area (Å²) in [5.74, 6) is 1.51. The van der Waals surface area contributed by atoms with Crippen molar-refractivity contribution in [2.24, 2.45) is 0 Å². The summed E-state index contributed by atoms with van der Waals surface area (Å²) in [5.41, 5.74) is 3.04. The van der Waals surface area contributed by atoms with Crippen LogP contribution in [-0.4, -0.2) is 63.4 Å². The van der Waals surface area contributed by atoms with Crippen LogP contribution in [0.3, 0.4) is 0 Å². The molecular formula is C23H29N3O4. The van der Waals surface area contributed by atoms with Gasteiger partial charge in [0.15, 0.2) is 11.5 Å². The maximum atomic E-state index is 12.7. The Balaban J connectivity index is 1.32. The quantitative estimate of drug-likeness (QED) is 0.789. The van der Waals surface area contributed by atoms with Gasteiger partial charge in [-0.2, -0.15) is 0 Å². The molecule has 1 amide bonds. The Morgan fingerprint density at radius 3 is 2.47 bits per heavy atom. The number of nitrogens with zero attached hydrogens (tertiary/aromatic N) is 2. The molecule has 1 N–H and O–H groups in total. The fraction of sp³-hybridized carbons (Fsp3) is 0.435. The number of carbonyl (C=O) groups excluding carboxylic acids is 1. The van der Waals surface area contributed by atoms with Crippen LogP contribution in [0.1, 0.15) is 12.5 Å². The average molecular weight is 412 g/mol. The standard InChI is InChI=1S/C23H29N3O4/c1-17(25(2)16-18-3-8-21-22(15-18)30-14-13-29-21)23(27)24-19-4-6-20(7-5-19)26-9-11-28-12-10-26/h3-8,15,17H,9-14,16H2,1-2H3,(H,24,27)/t17-/m1/s1.